The lowest BCUT2D eigenvalue weighted by Gasteiger charge is -2.50. The van der Waals surface area contributed by atoms with Crippen molar-refractivity contribution in [2.24, 2.45) is 0 Å². The van der Waals surface area contributed by atoms with Crippen LogP contribution in [0.25, 0.3) is 0 Å². The van der Waals surface area contributed by atoms with Crippen LogP contribution in [0.3, 0.4) is 0 Å². The quantitative estimate of drug-likeness (QED) is 0.226. The number of hydrogen-bond acceptors (Lipinski definition) is 12. The fourth-order valence-electron chi connectivity index (χ4n) is 3.96. The van der Waals surface area contributed by atoms with Gasteiger partial charge in [-0.25, -0.2) is 0 Å². The molecule has 6 unspecified atom stereocenters. The van der Waals surface area contributed by atoms with Gasteiger partial charge in [-0.05, 0) is 20.8 Å². The molecule has 13 atom stereocenters. The highest BCUT2D eigenvalue weighted by molar-refractivity contribution is 4.97. The Hall–Kier alpha value is -0.480. The van der Waals surface area contributed by atoms with E-state index < -0.39 is 79.2 Å². The summed E-state index contributed by atoms with van der Waals surface area (Å²) in [7, 11) is 0. The molecule has 3 aliphatic heterocycles. The molecule has 0 aromatic heterocycles. The van der Waals surface area contributed by atoms with E-state index in [-0.39, 0.29) is 13.2 Å². The minimum Gasteiger partial charge on any atom is -0.388 e. The molecule has 12 nitrogen and oxygen atoms in total. The number of hydrogen-bond donors (Lipinski definition) is 7. The SMILES string of the molecule is CC1O[C@@](C)(OC2C(O[C@@H]3OC[C@@H](O)C(O)C3O)[C@@H](O)CO[C@H]2C)[C@@H](O)C(O)[C@H]1O. The van der Waals surface area contributed by atoms with Gasteiger partial charge < -0.3 is 59.4 Å². The third-order valence-electron chi connectivity index (χ3n) is 5.92. The van der Waals surface area contributed by atoms with E-state index in [2.05, 4.69) is 0 Å². The van der Waals surface area contributed by atoms with Crippen LogP contribution in [-0.4, -0.2) is 128 Å². The fourth-order valence-corrected chi connectivity index (χ4v) is 3.96. The monoisotopic (exact) mass is 440 g/mol. The molecule has 0 aliphatic carbocycles. The van der Waals surface area contributed by atoms with Gasteiger partial charge in [0, 0.05) is 0 Å². The molecule has 30 heavy (non-hydrogen) atoms. The first-order valence-electron chi connectivity index (χ1n) is 9.97. The van der Waals surface area contributed by atoms with Gasteiger partial charge in [0.2, 0.25) is 0 Å². The van der Waals surface area contributed by atoms with Gasteiger partial charge in [0.25, 0.3) is 0 Å². The van der Waals surface area contributed by atoms with Crippen molar-refractivity contribution in [1.82, 2.24) is 0 Å². The van der Waals surface area contributed by atoms with E-state index in [1.54, 1.807) is 6.92 Å². The minimum absolute atomic E-state index is 0.114. The molecule has 0 aromatic rings. The summed E-state index contributed by atoms with van der Waals surface area (Å²) in [6, 6.07) is 0. The van der Waals surface area contributed by atoms with Gasteiger partial charge in [-0.15, -0.1) is 0 Å². The van der Waals surface area contributed by atoms with Crippen LogP contribution < -0.4 is 0 Å². The molecular formula is C18H32O12. The Morgan fingerprint density at radius 1 is 0.733 bits per heavy atom. The molecule has 0 amide bonds. The summed E-state index contributed by atoms with van der Waals surface area (Å²) in [5.41, 5.74) is 0. The van der Waals surface area contributed by atoms with E-state index in [1.807, 2.05) is 0 Å². The Kier molecular flexibility index (Phi) is 7.39. The molecule has 3 rings (SSSR count). The van der Waals surface area contributed by atoms with Crippen molar-refractivity contribution in [3.8, 4) is 0 Å². The van der Waals surface area contributed by atoms with Gasteiger partial charge >= 0.3 is 0 Å². The van der Waals surface area contributed by atoms with E-state index in [1.165, 1.54) is 13.8 Å². The second-order valence-electron chi connectivity index (χ2n) is 8.30. The van der Waals surface area contributed by atoms with Crippen LogP contribution in [0.5, 0.6) is 0 Å². The van der Waals surface area contributed by atoms with Gasteiger partial charge in [0.05, 0.1) is 25.4 Å². The molecule has 12 heteroatoms. The average Bonchev–Trinajstić information content (AvgIpc) is 2.70. The minimum atomic E-state index is -1.78. The normalized spacial score (nSPS) is 55.4. The summed E-state index contributed by atoms with van der Waals surface area (Å²) in [5.74, 6) is -1.78. The summed E-state index contributed by atoms with van der Waals surface area (Å²) >= 11 is 0. The lowest BCUT2D eigenvalue weighted by atomic mass is 9.92. The van der Waals surface area contributed by atoms with Crippen LogP contribution in [0.2, 0.25) is 0 Å². The number of aliphatic hydroxyl groups excluding tert-OH is 7. The highest BCUT2D eigenvalue weighted by atomic mass is 16.8. The Balaban J connectivity index is 1.78. The van der Waals surface area contributed by atoms with E-state index in [9.17, 15) is 35.7 Å². The maximum atomic E-state index is 10.5. The molecule has 0 spiro atoms. The predicted molar refractivity (Wildman–Crippen MR) is 95.9 cm³/mol. The standard InChI is InChI=1S/C18H32O12/c1-6-10(21)12(23)16(25)18(3,29-6)30-14-7(2)26-5-9(20)15(14)28-17-13(24)11(22)8(19)4-27-17/h6-17,19-25H,4-5H2,1-3H3/t6?,7-,8+,9-,10-,11?,12?,13?,14?,15?,16-,17-,18-/m0/s1. The van der Waals surface area contributed by atoms with E-state index in [0.717, 1.165) is 0 Å². The predicted octanol–water partition coefficient (Wildman–Crippen LogP) is -3.81. The van der Waals surface area contributed by atoms with Crippen molar-refractivity contribution in [3.05, 3.63) is 0 Å². The molecule has 0 aromatic carbocycles. The Labute approximate surface area is 173 Å². The highest BCUT2D eigenvalue weighted by Crippen LogP contribution is 2.35. The maximum absolute atomic E-state index is 10.5. The first-order chi connectivity index (χ1) is 14.0. The van der Waals surface area contributed by atoms with Crippen molar-refractivity contribution in [2.45, 2.75) is 100.0 Å². The van der Waals surface area contributed by atoms with E-state index >= 15 is 0 Å². The van der Waals surface area contributed by atoms with Crippen molar-refractivity contribution in [1.29, 1.82) is 0 Å². The number of ether oxygens (including phenoxy) is 5. The van der Waals surface area contributed by atoms with Gasteiger partial charge in [-0.3, -0.25) is 0 Å². The molecular weight excluding hydrogens is 408 g/mol. The van der Waals surface area contributed by atoms with Gasteiger partial charge in [-0.1, -0.05) is 0 Å². The molecule has 176 valence electrons. The van der Waals surface area contributed by atoms with Crippen molar-refractivity contribution in [2.75, 3.05) is 13.2 Å². The molecule has 3 saturated heterocycles. The van der Waals surface area contributed by atoms with Crippen LogP contribution in [0.15, 0.2) is 0 Å². The summed E-state index contributed by atoms with van der Waals surface area (Å²) in [5, 5.41) is 70.6. The summed E-state index contributed by atoms with van der Waals surface area (Å²) < 4.78 is 28.0. The number of rotatable bonds is 4. The van der Waals surface area contributed by atoms with Gasteiger partial charge in [0.15, 0.2) is 12.1 Å². The van der Waals surface area contributed by atoms with Gasteiger partial charge in [0.1, 0.15) is 54.9 Å². The Morgan fingerprint density at radius 2 is 1.37 bits per heavy atom. The first-order valence-corrected chi connectivity index (χ1v) is 9.97. The molecule has 3 aliphatic rings. The first kappa shape index (κ1) is 24.2. The zero-order valence-corrected chi connectivity index (χ0v) is 17.0. The van der Waals surface area contributed by atoms with Crippen molar-refractivity contribution in [3.63, 3.8) is 0 Å². The third-order valence-corrected chi connectivity index (χ3v) is 5.92. The molecule has 0 radical (unpaired) electrons. The number of aliphatic hydroxyl groups is 7. The molecule has 3 heterocycles. The Morgan fingerprint density at radius 3 is 2.03 bits per heavy atom. The van der Waals surface area contributed by atoms with E-state index in [4.69, 9.17) is 23.7 Å². The van der Waals surface area contributed by atoms with Crippen LogP contribution >= 0.6 is 0 Å². The van der Waals surface area contributed by atoms with E-state index in [0.29, 0.717) is 0 Å². The van der Waals surface area contributed by atoms with Crippen LogP contribution in [0.1, 0.15) is 20.8 Å². The average molecular weight is 440 g/mol. The lowest BCUT2D eigenvalue weighted by molar-refractivity contribution is -0.391. The second-order valence-corrected chi connectivity index (χ2v) is 8.30. The molecule has 0 saturated carbocycles. The fraction of sp³-hybridized carbons (Fsp3) is 1.00. The molecule has 0 bridgehead atoms. The van der Waals surface area contributed by atoms with Crippen LogP contribution in [-0.2, 0) is 23.7 Å². The zero-order chi connectivity index (χ0) is 22.4. The lowest BCUT2D eigenvalue weighted by Crippen LogP contribution is -2.67. The zero-order valence-electron chi connectivity index (χ0n) is 17.0. The maximum Gasteiger partial charge on any atom is 0.195 e. The van der Waals surface area contributed by atoms with Crippen LogP contribution in [0, 0.1) is 0 Å². The van der Waals surface area contributed by atoms with Crippen molar-refractivity contribution >= 4 is 0 Å². The topological polar surface area (TPSA) is 188 Å². The largest absolute Gasteiger partial charge is 0.388 e. The summed E-state index contributed by atoms with van der Waals surface area (Å²) in [4.78, 5) is 0. The van der Waals surface area contributed by atoms with Gasteiger partial charge in [-0.2, -0.15) is 0 Å². The third kappa shape index (κ3) is 4.51. The molecule has 7 N–H and O–H groups in total. The summed E-state index contributed by atoms with van der Waals surface area (Å²) in [6.07, 6.45) is -15.2. The Bertz CT molecular complexity index is 579. The highest BCUT2D eigenvalue weighted by Gasteiger charge is 2.54. The second kappa shape index (κ2) is 9.17. The summed E-state index contributed by atoms with van der Waals surface area (Å²) in [6.45, 7) is 4.11. The molecule has 3 fully saturated rings. The van der Waals surface area contributed by atoms with Crippen molar-refractivity contribution < 1.29 is 59.4 Å². The smallest absolute Gasteiger partial charge is 0.195 e. The van der Waals surface area contributed by atoms with Crippen LogP contribution in [0.4, 0.5) is 0 Å².